The molecular formula is C26H39N3O4S. The molecule has 188 valence electrons. The highest BCUT2D eigenvalue weighted by Gasteiger charge is 2.57. The fraction of sp³-hybridized carbons (Fsp3) is 0.731. The number of hydrogen-bond donors (Lipinski definition) is 1. The molecule has 0 radical (unpaired) electrons. The van der Waals surface area contributed by atoms with Crippen LogP contribution in [0.15, 0.2) is 30.3 Å². The standard InChI is InChI=1S/C26H39N3O4S/c1-27(2)26(21-7-4-3-5-8-21)15-13-24(14-16-26)19-28(22-9-17-34(32,33)18-10-22)23(30)29(24)20-25(31)11-6-12-25/h3-5,7-8,22,31H,6,9-20H2,1-2H3. The van der Waals surface area contributed by atoms with Gasteiger partial charge in [-0.25, -0.2) is 13.2 Å². The van der Waals surface area contributed by atoms with Gasteiger partial charge in [-0.15, -0.1) is 0 Å². The van der Waals surface area contributed by atoms with Crippen molar-refractivity contribution < 1.29 is 18.3 Å². The maximum Gasteiger partial charge on any atom is 0.320 e. The van der Waals surface area contributed by atoms with Crippen molar-refractivity contribution in [3.63, 3.8) is 0 Å². The van der Waals surface area contributed by atoms with Gasteiger partial charge in [-0.1, -0.05) is 30.3 Å². The van der Waals surface area contributed by atoms with Crippen molar-refractivity contribution in [1.29, 1.82) is 0 Å². The van der Waals surface area contributed by atoms with Gasteiger partial charge in [-0.05, 0) is 77.4 Å². The molecule has 4 aliphatic rings. The van der Waals surface area contributed by atoms with E-state index < -0.39 is 15.4 Å². The van der Waals surface area contributed by atoms with E-state index in [2.05, 4.69) is 49.3 Å². The summed E-state index contributed by atoms with van der Waals surface area (Å²) in [4.78, 5) is 20.1. The monoisotopic (exact) mass is 489 g/mol. The minimum atomic E-state index is -2.99. The Morgan fingerprint density at radius 3 is 2.15 bits per heavy atom. The van der Waals surface area contributed by atoms with Gasteiger partial charge in [0.25, 0.3) is 0 Å². The van der Waals surface area contributed by atoms with Crippen molar-refractivity contribution in [2.24, 2.45) is 0 Å². The van der Waals surface area contributed by atoms with Crippen LogP contribution in [0.4, 0.5) is 4.79 Å². The lowest BCUT2D eigenvalue weighted by Gasteiger charge is -2.52. The van der Waals surface area contributed by atoms with Gasteiger partial charge in [0.1, 0.15) is 9.84 Å². The molecule has 2 aliphatic carbocycles. The topological polar surface area (TPSA) is 81.2 Å². The number of nitrogens with zero attached hydrogens (tertiary/aromatic N) is 3. The van der Waals surface area contributed by atoms with Crippen LogP contribution in [0.25, 0.3) is 0 Å². The van der Waals surface area contributed by atoms with Crippen LogP contribution in [-0.2, 0) is 15.4 Å². The van der Waals surface area contributed by atoms with Gasteiger partial charge in [-0.3, -0.25) is 4.90 Å². The number of β-amino-alcohol motifs (C(OH)–C–C–N with tert-alkyl or cyclic N) is 1. The predicted octanol–water partition coefficient (Wildman–Crippen LogP) is 2.99. The molecule has 2 saturated carbocycles. The summed E-state index contributed by atoms with van der Waals surface area (Å²) >= 11 is 0. The zero-order chi connectivity index (χ0) is 24.2. The number of sulfone groups is 1. The average molecular weight is 490 g/mol. The van der Waals surface area contributed by atoms with Crippen LogP contribution in [0, 0.1) is 0 Å². The Morgan fingerprint density at radius 2 is 1.62 bits per heavy atom. The van der Waals surface area contributed by atoms with Crippen molar-refractivity contribution >= 4 is 15.9 Å². The first-order valence-corrected chi connectivity index (χ1v) is 14.6. The summed E-state index contributed by atoms with van der Waals surface area (Å²) in [7, 11) is 1.31. The molecule has 1 aromatic carbocycles. The van der Waals surface area contributed by atoms with Crippen LogP contribution in [0.1, 0.15) is 63.4 Å². The first-order chi connectivity index (χ1) is 16.1. The highest BCUT2D eigenvalue weighted by Crippen LogP contribution is 2.50. The summed E-state index contributed by atoms with van der Waals surface area (Å²) in [5.41, 5.74) is 0.176. The van der Waals surface area contributed by atoms with Gasteiger partial charge in [0, 0.05) is 18.1 Å². The summed E-state index contributed by atoms with van der Waals surface area (Å²) in [5, 5.41) is 11.0. The van der Waals surface area contributed by atoms with Crippen LogP contribution in [0.2, 0.25) is 0 Å². The molecule has 0 bridgehead atoms. The molecule has 8 heteroatoms. The number of amides is 2. The molecular weight excluding hydrogens is 450 g/mol. The number of hydrogen-bond acceptors (Lipinski definition) is 5. The van der Waals surface area contributed by atoms with Gasteiger partial charge >= 0.3 is 6.03 Å². The summed E-state index contributed by atoms with van der Waals surface area (Å²) < 4.78 is 24.0. The van der Waals surface area contributed by atoms with Crippen molar-refractivity contribution in [3.8, 4) is 0 Å². The normalized spacial score (nSPS) is 30.6. The first kappa shape index (κ1) is 24.1. The van der Waals surface area contributed by atoms with E-state index in [1.165, 1.54) is 5.56 Å². The predicted molar refractivity (Wildman–Crippen MR) is 132 cm³/mol. The van der Waals surface area contributed by atoms with E-state index in [-0.39, 0.29) is 34.7 Å². The zero-order valence-corrected chi connectivity index (χ0v) is 21.4. The van der Waals surface area contributed by atoms with Gasteiger partial charge in [0.2, 0.25) is 0 Å². The SMILES string of the molecule is CN(C)C1(c2ccccc2)CCC2(CC1)CN(C1CCS(=O)(=O)CC1)C(=O)N2CC1(O)CCC1. The minimum Gasteiger partial charge on any atom is -0.388 e. The fourth-order valence-corrected chi connectivity index (χ4v) is 8.34. The maximum absolute atomic E-state index is 13.8. The van der Waals surface area contributed by atoms with E-state index >= 15 is 0 Å². The third-order valence-corrected chi connectivity index (χ3v) is 11.1. The molecule has 2 saturated heterocycles. The number of aliphatic hydroxyl groups is 1. The Hall–Kier alpha value is -1.64. The van der Waals surface area contributed by atoms with Crippen molar-refractivity contribution in [2.75, 3.05) is 38.7 Å². The first-order valence-electron chi connectivity index (χ1n) is 12.8. The van der Waals surface area contributed by atoms with E-state index in [4.69, 9.17) is 0 Å². The Kier molecular flexibility index (Phi) is 6.01. The average Bonchev–Trinajstić information content (AvgIpc) is 3.05. The molecule has 2 aliphatic heterocycles. The minimum absolute atomic E-state index is 0.00156. The van der Waals surface area contributed by atoms with E-state index in [0.29, 0.717) is 25.9 Å². The quantitative estimate of drug-likeness (QED) is 0.688. The largest absolute Gasteiger partial charge is 0.388 e. The van der Waals surface area contributed by atoms with Gasteiger partial charge in [-0.2, -0.15) is 0 Å². The van der Waals surface area contributed by atoms with Crippen LogP contribution < -0.4 is 0 Å². The van der Waals surface area contributed by atoms with Crippen molar-refractivity contribution in [2.45, 2.75) is 80.5 Å². The van der Waals surface area contributed by atoms with E-state index in [0.717, 1.165) is 44.9 Å². The van der Waals surface area contributed by atoms with Crippen molar-refractivity contribution in [1.82, 2.24) is 14.7 Å². The van der Waals surface area contributed by atoms with Crippen LogP contribution in [0.5, 0.6) is 0 Å². The van der Waals surface area contributed by atoms with Crippen LogP contribution >= 0.6 is 0 Å². The summed E-state index contributed by atoms with van der Waals surface area (Å²) in [6.45, 7) is 1.04. The third-order valence-electron chi connectivity index (χ3n) is 9.39. The van der Waals surface area contributed by atoms with Crippen LogP contribution in [0.3, 0.4) is 0 Å². The molecule has 1 aromatic rings. The van der Waals surface area contributed by atoms with Gasteiger partial charge in [0.15, 0.2) is 0 Å². The van der Waals surface area contributed by atoms with Crippen molar-refractivity contribution in [3.05, 3.63) is 35.9 Å². The summed E-state index contributed by atoms with van der Waals surface area (Å²) in [6, 6.07) is 10.6. The molecule has 1 N–H and O–H groups in total. The van der Waals surface area contributed by atoms with E-state index in [1.54, 1.807) is 0 Å². The Bertz CT molecular complexity index is 1000. The summed E-state index contributed by atoms with van der Waals surface area (Å²) in [6.07, 6.45) is 7.20. The molecule has 0 unspecified atom stereocenters. The Labute approximate surface area is 204 Å². The number of benzene rings is 1. The van der Waals surface area contributed by atoms with Gasteiger partial charge < -0.3 is 14.9 Å². The second-order valence-electron chi connectivity index (χ2n) is 11.5. The number of urea groups is 1. The highest BCUT2D eigenvalue weighted by molar-refractivity contribution is 7.91. The van der Waals surface area contributed by atoms with Gasteiger partial charge in [0.05, 0.1) is 29.2 Å². The fourth-order valence-electron chi connectivity index (χ4n) is 6.87. The molecule has 0 aromatic heterocycles. The van der Waals surface area contributed by atoms with Crippen LogP contribution in [-0.4, -0.2) is 90.1 Å². The molecule has 34 heavy (non-hydrogen) atoms. The molecule has 7 nitrogen and oxygen atoms in total. The van der Waals surface area contributed by atoms with E-state index in [1.807, 2.05) is 9.80 Å². The number of carbonyl (C=O) groups excluding carboxylic acids is 1. The van der Waals surface area contributed by atoms with E-state index in [9.17, 15) is 18.3 Å². The Morgan fingerprint density at radius 1 is 1.00 bits per heavy atom. The second-order valence-corrected chi connectivity index (χ2v) is 13.8. The molecule has 2 heterocycles. The molecule has 1 spiro atoms. The maximum atomic E-state index is 13.8. The molecule has 4 fully saturated rings. The molecule has 2 amide bonds. The third kappa shape index (κ3) is 4.05. The number of rotatable bonds is 5. The lowest BCUT2D eigenvalue weighted by atomic mass is 9.67. The number of carbonyl (C=O) groups is 1. The second kappa shape index (κ2) is 8.49. The lowest BCUT2D eigenvalue weighted by Crippen LogP contribution is -2.59. The highest BCUT2D eigenvalue weighted by atomic mass is 32.2. The summed E-state index contributed by atoms with van der Waals surface area (Å²) in [5.74, 6) is 0.326. The Balaban J connectivity index is 1.42. The molecule has 5 rings (SSSR count). The molecule has 0 atom stereocenters. The lowest BCUT2D eigenvalue weighted by molar-refractivity contribution is -0.0725. The zero-order valence-electron chi connectivity index (χ0n) is 20.6. The smallest absolute Gasteiger partial charge is 0.320 e.